The molecule has 2 aliphatic carbocycles. The van der Waals surface area contributed by atoms with Crippen molar-refractivity contribution in [3.05, 3.63) is 47.5 Å². The zero-order valence-electron chi connectivity index (χ0n) is 17.6. The number of likely N-dealkylation sites (tertiary alicyclic amines) is 1. The van der Waals surface area contributed by atoms with Gasteiger partial charge in [0.25, 0.3) is 0 Å². The van der Waals surface area contributed by atoms with Gasteiger partial charge < -0.3 is 10.6 Å². The Labute approximate surface area is 195 Å². The van der Waals surface area contributed by atoms with Gasteiger partial charge in [-0.25, -0.2) is 4.99 Å². The molecule has 1 aromatic rings. The molecule has 6 nitrogen and oxygen atoms in total. The summed E-state index contributed by atoms with van der Waals surface area (Å²) in [6.45, 7) is 6.65. The molecule has 2 bridgehead atoms. The maximum atomic E-state index is 12.7. The Hall–Kier alpha value is -1.90. The van der Waals surface area contributed by atoms with E-state index in [9.17, 15) is 9.59 Å². The fourth-order valence-corrected chi connectivity index (χ4v) is 4.95. The lowest BCUT2D eigenvalue weighted by Crippen LogP contribution is -2.40. The number of halogens is 1. The topological polar surface area (TPSA) is 73.8 Å². The number of nitrogens with one attached hydrogen (secondary N) is 2. The summed E-state index contributed by atoms with van der Waals surface area (Å²) in [7, 11) is 0. The van der Waals surface area contributed by atoms with Crippen LogP contribution in [0, 0.1) is 30.6 Å². The van der Waals surface area contributed by atoms with Crippen LogP contribution in [0.2, 0.25) is 0 Å². The average Bonchev–Trinajstić information content (AvgIpc) is 3.38. The number of nitrogens with zero attached hydrogens (tertiary/aromatic N) is 2. The number of carbonyl (C=O) groups is 2. The molecule has 1 aliphatic heterocycles. The first-order chi connectivity index (χ1) is 14.1. The molecule has 1 aromatic carbocycles. The maximum Gasteiger partial charge on any atom is 0.233 e. The van der Waals surface area contributed by atoms with Gasteiger partial charge >= 0.3 is 0 Å². The van der Waals surface area contributed by atoms with E-state index in [-0.39, 0.29) is 59.5 Å². The Balaban J connectivity index is 0.00000256. The Bertz CT molecular complexity index is 823. The molecule has 0 spiro atoms. The van der Waals surface area contributed by atoms with Gasteiger partial charge in [0.15, 0.2) is 5.96 Å². The largest absolute Gasteiger partial charge is 0.357 e. The number of hydrogen-bond acceptors (Lipinski definition) is 3. The molecule has 30 heavy (non-hydrogen) atoms. The van der Waals surface area contributed by atoms with Crippen molar-refractivity contribution in [2.45, 2.75) is 33.2 Å². The number of aryl methyl sites for hydroxylation is 1. The highest BCUT2D eigenvalue weighted by Gasteiger charge is 2.58. The number of amides is 2. The van der Waals surface area contributed by atoms with Crippen molar-refractivity contribution in [1.29, 1.82) is 0 Å². The van der Waals surface area contributed by atoms with Gasteiger partial charge in [-0.2, -0.15) is 0 Å². The van der Waals surface area contributed by atoms with E-state index in [1.54, 1.807) is 0 Å². The van der Waals surface area contributed by atoms with Crippen LogP contribution in [0.15, 0.2) is 41.4 Å². The van der Waals surface area contributed by atoms with Crippen molar-refractivity contribution in [3.8, 4) is 0 Å². The summed E-state index contributed by atoms with van der Waals surface area (Å²) in [4.78, 5) is 31.6. The molecule has 1 heterocycles. The number of benzene rings is 1. The quantitative estimate of drug-likeness (QED) is 0.144. The zero-order valence-corrected chi connectivity index (χ0v) is 20.0. The zero-order chi connectivity index (χ0) is 20.4. The second-order valence-electron chi connectivity index (χ2n) is 8.29. The van der Waals surface area contributed by atoms with Crippen LogP contribution in [0.1, 0.15) is 30.9 Å². The third-order valence-corrected chi connectivity index (χ3v) is 6.26. The number of rotatable bonds is 7. The summed E-state index contributed by atoms with van der Waals surface area (Å²) in [5.74, 6) is 1.19. The van der Waals surface area contributed by atoms with Crippen LogP contribution in [-0.4, -0.2) is 42.3 Å². The Morgan fingerprint density at radius 1 is 1.13 bits per heavy atom. The summed E-state index contributed by atoms with van der Waals surface area (Å²) < 4.78 is 0. The molecule has 2 fully saturated rings. The molecule has 2 N–H and O–H groups in total. The third kappa shape index (κ3) is 4.55. The molecule has 4 rings (SSSR count). The van der Waals surface area contributed by atoms with Gasteiger partial charge in [0.2, 0.25) is 11.8 Å². The number of imide groups is 1. The van der Waals surface area contributed by atoms with E-state index in [0.29, 0.717) is 26.1 Å². The number of carbonyl (C=O) groups excluding carboxylic acids is 2. The Morgan fingerprint density at radius 2 is 1.83 bits per heavy atom. The molecule has 1 saturated carbocycles. The fraction of sp³-hybridized carbons (Fsp3) is 0.522. The molecule has 4 atom stereocenters. The number of guanidine groups is 1. The minimum absolute atomic E-state index is 0. The number of fused-ring (bicyclic) bond motifs is 5. The van der Waals surface area contributed by atoms with Crippen molar-refractivity contribution < 1.29 is 9.59 Å². The van der Waals surface area contributed by atoms with Crippen LogP contribution in [0.5, 0.6) is 0 Å². The highest BCUT2D eigenvalue weighted by atomic mass is 127. The molecule has 7 heteroatoms. The highest BCUT2D eigenvalue weighted by Crippen LogP contribution is 2.52. The molecule has 0 aromatic heterocycles. The van der Waals surface area contributed by atoms with E-state index in [0.717, 1.165) is 18.9 Å². The lowest BCUT2D eigenvalue weighted by molar-refractivity contribution is -0.140. The number of aliphatic imine (C=N–C) groups is 1. The molecular weight excluding hydrogens is 491 g/mol. The van der Waals surface area contributed by atoms with Gasteiger partial charge in [-0.3, -0.25) is 14.5 Å². The fourth-order valence-electron chi connectivity index (χ4n) is 4.95. The maximum absolute atomic E-state index is 12.7. The smallest absolute Gasteiger partial charge is 0.233 e. The van der Waals surface area contributed by atoms with Gasteiger partial charge in [-0.1, -0.05) is 42.0 Å². The third-order valence-electron chi connectivity index (χ3n) is 6.26. The van der Waals surface area contributed by atoms with E-state index in [1.807, 2.05) is 13.0 Å². The van der Waals surface area contributed by atoms with Crippen LogP contribution in [0.3, 0.4) is 0 Å². The first-order valence-corrected chi connectivity index (χ1v) is 10.7. The molecule has 3 aliphatic rings. The minimum atomic E-state index is -0.0985. The first kappa shape index (κ1) is 22.8. The Kier molecular flexibility index (Phi) is 7.55. The van der Waals surface area contributed by atoms with E-state index in [1.165, 1.54) is 16.0 Å². The van der Waals surface area contributed by atoms with Crippen molar-refractivity contribution in [2.24, 2.45) is 28.7 Å². The van der Waals surface area contributed by atoms with Crippen molar-refractivity contribution in [3.63, 3.8) is 0 Å². The van der Waals surface area contributed by atoms with Crippen molar-refractivity contribution in [1.82, 2.24) is 15.5 Å². The molecule has 1 saturated heterocycles. The average molecular weight is 522 g/mol. The molecule has 0 radical (unpaired) electrons. The van der Waals surface area contributed by atoms with Crippen LogP contribution < -0.4 is 10.6 Å². The summed E-state index contributed by atoms with van der Waals surface area (Å²) in [6, 6.07) is 8.33. The minimum Gasteiger partial charge on any atom is -0.357 e. The predicted molar refractivity (Wildman–Crippen MR) is 128 cm³/mol. The molecule has 4 unspecified atom stereocenters. The van der Waals surface area contributed by atoms with Crippen LogP contribution in [0.25, 0.3) is 0 Å². The van der Waals surface area contributed by atoms with Crippen LogP contribution in [0.4, 0.5) is 0 Å². The lowest BCUT2D eigenvalue weighted by atomic mass is 9.85. The monoisotopic (exact) mass is 522 g/mol. The van der Waals surface area contributed by atoms with E-state index >= 15 is 0 Å². The number of hydrogen-bond donors (Lipinski definition) is 2. The van der Waals surface area contributed by atoms with E-state index < -0.39 is 0 Å². The van der Waals surface area contributed by atoms with E-state index in [2.05, 4.69) is 52.9 Å². The molecule has 162 valence electrons. The van der Waals surface area contributed by atoms with Crippen molar-refractivity contribution in [2.75, 3.05) is 19.6 Å². The normalized spacial score (nSPS) is 26.7. The highest BCUT2D eigenvalue weighted by molar-refractivity contribution is 14.0. The van der Waals surface area contributed by atoms with Crippen molar-refractivity contribution >= 4 is 41.8 Å². The summed E-state index contributed by atoms with van der Waals surface area (Å²) in [6.07, 6.45) is 5.96. The Morgan fingerprint density at radius 3 is 2.47 bits per heavy atom. The van der Waals surface area contributed by atoms with Crippen LogP contribution >= 0.6 is 24.0 Å². The second-order valence-corrected chi connectivity index (χ2v) is 8.29. The van der Waals surface area contributed by atoms with Gasteiger partial charge in [-0.15, -0.1) is 24.0 Å². The van der Waals surface area contributed by atoms with Gasteiger partial charge in [-0.05, 0) is 44.1 Å². The van der Waals surface area contributed by atoms with E-state index in [4.69, 9.17) is 0 Å². The van der Waals surface area contributed by atoms with Gasteiger partial charge in [0.05, 0.1) is 18.4 Å². The predicted octanol–water partition coefficient (Wildman–Crippen LogP) is 2.87. The summed E-state index contributed by atoms with van der Waals surface area (Å²) >= 11 is 0. The number of allylic oxidation sites excluding steroid dienone is 2. The lowest BCUT2D eigenvalue weighted by Gasteiger charge is -2.18. The second kappa shape index (κ2) is 9.94. The van der Waals surface area contributed by atoms with Gasteiger partial charge in [0.1, 0.15) is 0 Å². The SMILES string of the molecule is CCNC(=NCc1cccc(C)c1)NCCCN1C(=O)C2C3C=CC(C3)C2C1=O.I. The first-order valence-electron chi connectivity index (χ1n) is 10.7. The standard InChI is InChI=1S/C23H30N4O2.HI/c1-3-24-23(26-14-16-7-4-6-15(2)12-16)25-10-5-11-27-21(28)19-17-8-9-18(13-17)20(19)22(27)29;/h4,6-9,12,17-20H,3,5,10-11,13-14H2,1-2H3,(H2,24,25,26);1H. The summed E-state index contributed by atoms with van der Waals surface area (Å²) in [5.41, 5.74) is 2.40. The molecule has 2 amide bonds. The summed E-state index contributed by atoms with van der Waals surface area (Å²) in [5, 5.41) is 6.57. The molecular formula is C23H31IN4O2. The van der Waals surface area contributed by atoms with Crippen LogP contribution in [-0.2, 0) is 16.1 Å². The van der Waals surface area contributed by atoms with Gasteiger partial charge in [0, 0.05) is 19.6 Å².